The van der Waals surface area contributed by atoms with Crippen LogP contribution in [0.15, 0.2) is 29.4 Å². The van der Waals surface area contributed by atoms with Gasteiger partial charge in [-0.05, 0) is 40.2 Å². The summed E-state index contributed by atoms with van der Waals surface area (Å²) in [6, 6.07) is 7.94. The molecule has 1 aliphatic heterocycles. The topological polar surface area (TPSA) is 109 Å². The molecule has 10 heteroatoms. The van der Waals surface area contributed by atoms with Crippen LogP contribution in [0.4, 0.5) is 5.95 Å². The molecule has 28 heavy (non-hydrogen) atoms. The summed E-state index contributed by atoms with van der Waals surface area (Å²) in [6.45, 7) is 1.44. The van der Waals surface area contributed by atoms with Gasteiger partial charge in [-0.2, -0.15) is 9.97 Å². The first-order chi connectivity index (χ1) is 13.5. The van der Waals surface area contributed by atoms with Crippen LogP contribution in [0.3, 0.4) is 0 Å². The van der Waals surface area contributed by atoms with Crippen LogP contribution in [0.2, 0.25) is 5.02 Å². The zero-order valence-electron chi connectivity index (χ0n) is 14.6. The first-order valence-electron chi connectivity index (χ1n) is 8.40. The first-order valence-corrected chi connectivity index (χ1v) is 10.2. The Bertz CT molecular complexity index is 1080. The second kappa shape index (κ2) is 8.04. The summed E-state index contributed by atoms with van der Waals surface area (Å²) in [5.41, 5.74) is 14.2. The van der Waals surface area contributed by atoms with Crippen molar-refractivity contribution in [1.82, 2.24) is 15.0 Å². The number of hydrogen-bond acceptors (Lipinski definition) is 8. The maximum atomic E-state index is 6.61. The summed E-state index contributed by atoms with van der Waals surface area (Å²) in [4.78, 5) is 13.1. The highest BCUT2D eigenvalue weighted by molar-refractivity contribution is 7.99. The number of ether oxygens (including phenoxy) is 2. The molecule has 0 radical (unpaired) electrons. The number of thioether (sulfide) groups is 1. The van der Waals surface area contributed by atoms with E-state index in [0.717, 1.165) is 27.5 Å². The third kappa shape index (κ3) is 3.83. The van der Waals surface area contributed by atoms with Crippen LogP contribution in [0, 0.1) is 0 Å². The number of aromatic nitrogens is 3. The van der Waals surface area contributed by atoms with Gasteiger partial charge in [-0.25, -0.2) is 4.98 Å². The Labute approximate surface area is 175 Å². The average molecular weight is 434 g/mol. The smallest absolute Gasteiger partial charge is 0.253 e. The molecule has 2 heterocycles. The molecule has 0 aliphatic carbocycles. The summed E-state index contributed by atoms with van der Waals surface area (Å²) in [5, 5.41) is 3.14. The molecule has 2 aromatic carbocycles. The Morgan fingerprint density at radius 3 is 2.89 bits per heavy atom. The van der Waals surface area contributed by atoms with Crippen molar-refractivity contribution in [2.45, 2.75) is 18.4 Å². The zero-order valence-corrected chi connectivity index (χ0v) is 17.0. The fourth-order valence-electron chi connectivity index (χ4n) is 3.17. The standard InChI is InChI=1S/C18H16ClN5O2S2/c19-12-6-10-8-25-7-9-2-1-3-11(13(9)10)14(12)15-22-16(20)24-18(23-15)28-5-4-26-17(21)27/h1-3,6H,4-5,7-8H2,(H2,21,27)(H2,20,22,23,24). The number of nitrogen functional groups attached to an aromatic ring is 1. The molecular weight excluding hydrogens is 418 g/mol. The van der Waals surface area contributed by atoms with Crippen LogP contribution >= 0.6 is 35.6 Å². The van der Waals surface area contributed by atoms with Gasteiger partial charge in [0.15, 0.2) is 11.0 Å². The van der Waals surface area contributed by atoms with Gasteiger partial charge in [-0.15, -0.1) is 0 Å². The lowest BCUT2D eigenvalue weighted by Crippen LogP contribution is -2.14. The monoisotopic (exact) mass is 433 g/mol. The first kappa shape index (κ1) is 19.1. The van der Waals surface area contributed by atoms with Crippen molar-refractivity contribution in [2.75, 3.05) is 18.1 Å². The van der Waals surface area contributed by atoms with Crippen molar-refractivity contribution in [3.63, 3.8) is 0 Å². The summed E-state index contributed by atoms with van der Waals surface area (Å²) in [5.74, 6) is 1.13. The Morgan fingerprint density at radius 2 is 2.07 bits per heavy atom. The van der Waals surface area contributed by atoms with E-state index in [1.807, 2.05) is 24.3 Å². The number of benzene rings is 2. The molecule has 4 N–H and O–H groups in total. The fraction of sp³-hybridized carbons (Fsp3) is 0.222. The van der Waals surface area contributed by atoms with E-state index in [1.165, 1.54) is 11.8 Å². The maximum Gasteiger partial charge on any atom is 0.253 e. The third-order valence-electron chi connectivity index (χ3n) is 4.21. The van der Waals surface area contributed by atoms with Gasteiger partial charge < -0.3 is 20.9 Å². The molecule has 0 unspecified atom stereocenters. The van der Waals surface area contributed by atoms with Gasteiger partial charge in [0, 0.05) is 11.3 Å². The van der Waals surface area contributed by atoms with Crippen molar-refractivity contribution in [3.8, 4) is 11.4 Å². The van der Waals surface area contributed by atoms with E-state index in [4.69, 9.17) is 32.5 Å². The molecule has 0 saturated heterocycles. The summed E-state index contributed by atoms with van der Waals surface area (Å²) >= 11 is 12.7. The Balaban J connectivity index is 1.75. The van der Waals surface area contributed by atoms with E-state index in [0.29, 0.717) is 41.6 Å². The van der Waals surface area contributed by atoms with Crippen LogP contribution in [0.1, 0.15) is 11.1 Å². The maximum absolute atomic E-state index is 6.61. The lowest BCUT2D eigenvalue weighted by Gasteiger charge is -2.20. The molecule has 1 aromatic heterocycles. The summed E-state index contributed by atoms with van der Waals surface area (Å²) in [7, 11) is 0. The third-order valence-corrected chi connectivity index (χ3v) is 5.44. The molecule has 0 atom stereocenters. The van der Waals surface area contributed by atoms with Crippen LogP contribution in [0.5, 0.6) is 0 Å². The van der Waals surface area contributed by atoms with E-state index in [2.05, 4.69) is 27.2 Å². The van der Waals surface area contributed by atoms with Crippen molar-refractivity contribution >= 4 is 57.5 Å². The predicted molar refractivity (Wildman–Crippen MR) is 114 cm³/mol. The predicted octanol–water partition coefficient (Wildman–Crippen LogP) is 3.31. The highest BCUT2D eigenvalue weighted by atomic mass is 35.5. The van der Waals surface area contributed by atoms with Gasteiger partial charge >= 0.3 is 0 Å². The molecule has 3 aromatic rings. The quantitative estimate of drug-likeness (QED) is 0.355. The molecule has 0 saturated carbocycles. The van der Waals surface area contributed by atoms with E-state index in [-0.39, 0.29) is 11.1 Å². The molecule has 1 aliphatic rings. The minimum atomic E-state index is 0.0102. The largest absolute Gasteiger partial charge is 0.470 e. The number of nitrogens with zero attached hydrogens (tertiary/aromatic N) is 3. The van der Waals surface area contributed by atoms with Crippen LogP contribution < -0.4 is 11.5 Å². The second-order valence-electron chi connectivity index (χ2n) is 6.04. The molecule has 144 valence electrons. The second-order valence-corrected chi connectivity index (χ2v) is 7.91. The Hall–Kier alpha value is -2.20. The number of anilines is 1. The lowest BCUT2D eigenvalue weighted by molar-refractivity contribution is 0.103. The molecule has 0 spiro atoms. The molecule has 0 bridgehead atoms. The van der Waals surface area contributed by atoms with E-state index < -0.39 is 0 Å². The van der Waals surface area contributed by atoms with Crippen molar-refractivity contribution in [2.24, 2.45) is 5.73 Å². The Morgan fingerprint density at radius 1 is 1.25 bits per heavy atom. The van der Waals surface area contributed by atoms with Gasteiger partial charge in [0.25, 0.3) is 5.17 Å². The molecule has 4 rings (SSSR count). The van der Waals surface area contributed by atoms with Gasteiger partial charge in [0.2, 0.25) is 5.95 Å². The number of halogens is 1. The zero-order chi connectivity index (χ0) is 19.7. The van der Waals surface area contributed by atoms with Gasteiger partial charge in [-0.3, -0.25) is 0 Å². The minimum Gasteiger partial charge on any atom is -0.470 e. The highest BCUT2D eigenvalue weighted by Gasteiger charge is 2.20. The van der Waals surface area contributed by atoms with Gasteiger partial charge in [0.05, 0.1) is 18.2 Å². The van der Waals surface area contributed by atoms with E-state index in [9.17, 15) is 0 Å². The normalized spacial score (nSPS) is 12.9. The molecule has 0 amide bonds. The van der Waals surface area contributed by atoms with Gasteiger partial charge in [0.1, 0.15) is 6.61 Å². The Kier molecular flexibility index (Phi) is 5.49. The van der Waals surface area contributed by atoms with Crippen LogP contribution in [-0.4, -0.2) is 32.5 Å². The summed E-state index contributed by atoms with van der Waals surface area (Å²) < 4.78 is 10.7. The molecule has 7 nitrogen and oxygen atoms in total. The van der Waals surface area contributed by atoms with Crippen LogP contribution in [0.25, 0.3) is 22.2 Å². The highest BCUT2D eigenvalue weighted by Crippen LogP contribution is 2.39. The molecule has 0 fully saturated rings. The fourth-order valence-corrected chi connectivity index (χ4v) is 4.23. The number of rotatable bonds is 5. The van der Waals surface area contributed by atoms with Crippen molar-refractivity contribution in [1.29, 1.82) is 0 Å². The van der Waals surface area contributed by atoms with E-state index >= 15 is 0 Å². The van der Waals surface area contributed by atoms with Crippen LogP contribution in [-0.2, 0) is 22.7 Å². The average Bonchev–Trinajstić information content (AvgIpc) is 2.65. The SMILES string of the molecule is NC(=S)OCCSc1nc(N)nc(-c2c(Cl)cc3c4c(cccc24)COC3)n1. The van der Waals surface area contributed by atoms with E-state index in [1.54, 1.807) is 0 Å². The minimum absolute atomic E-state index is 0.0102. The number of thiocarbonyl (C=S) groups is 1. The molecular formula is C18H16ClN5O2S2. The summed E-state index contributed by atoms with van der Waals surface area (Å²) in [6.07, 6.45) is 0. The van der Waals surface area contributed by atoms with Crippen molar-refractivity contribution in [3.05, 3.63) is 40.4 Å². The van der Waals surface area contributed by atoms with Gasteiger partial charge in [-0.1, -0.05) is 41.6 Å². The lowest BCUT2D eigenvalue weighted by atomic mass is 9.94. The number of hydrogen-bond donors (Lipinski definition) is 2. The van der Waals surface area contributed by atoms with Crippen molar-refractivity contribution < 1.29 is 9.47 Å². The number of nitrogens with two attached hydrogens (primary N) is 2.